The van der Waals surface area contributed by atoms with Gasteiger partial charge in [0.05, 0.1) is 0 Å². The van der Waals surface area contributed by atoms with Crippen molar-refractivity contribution in [2.45, 2.75) is 26.4 Å². The first kappa shape index (κ1) is 19.8. The number of benzene rings is 2. The lowest BCUT2D eigenvalue weighted by Crippen LogP contribution is -2.52. The van der Waals surface area contributed by atoms with Gasteiger partial charge in [0, 0.05) is 41.9 Å². The predicted molar refractivity (Wildman–Crippen MR) is 111 cm³/mol. The summed E-state index contributed by atoms with van der Waals surface area (Å²) >= 11 is 12.2. The molecule has 0 spiro atoms. The second kappa shape index (κ2) is 8.85. The topological polar surface area (TPSA) is 32.8 Å². The van der Waals surface area contributed by atoms with E-state index < -0.39 is 6.10 Å². The molecule has 1 saturated heterocycles. The van der Waals surface area contributed by atoms with Crippen molar-refractivity contribution in [3.63, 3.8) is 0 Å². The Labute approximate surface area is 170 Å². The van der Waals surface area contributed by atoms with Gasteiger partial charge in [-0.1, -0.05) is 42.3 Å². The van der Waals surface area contributed by atoms with Gasteiger partial charge < -0.3 is 14.5 Å². The molecule has 0 aliphatic carbocycles. The summed E-state index contributed by atoms with van der Waals surface area (Å²) < 4.78 is 5.90. The molecular weight excluding hydrogens is 383 g/mol. The summed E-state index contributed by atoms with van der Waals surface area (Å²) in [7, 11) is 0. The van der Waals surface area contributed by atoms with E-state index in [0.29, 0.717) is 30.3 Å². The molecule has 1 heterocycles. The molecule has 3 rings (SSSR count). The average molecular weight is 407 g/mol. The quantitative estimate of drug-likeness (QED) is 0.713. The van der Waals surface area contributed by atoms with Crippen LogP contribution in [0.2, 0.25) is 10.0 Å². The van der Waals surface area contributed by atoms with Crippen LogP contribution >= 0.6 is 23.2 Å². The summed E-state index contributed by atoms with van der Waals surface area (Å²) in [6.07, 6.45) is 0.113. The summed E-state index contributed by atoms with van der Waals surface area (Å²) in [4.78, 5) is 17.1. The van der Waals surface area contributed by atoms with Crippen LogP contribution in [-0.2, 0) is 4.79 Å². The first-order valence-corrected chi connectivity index (χ1v) is 9.95. The normalized spacial score (nSPS) is 15.6. The van der Waals surface area contributed by atoms with Crippen LogP contribution < -0.4 is 9.64 Å². The summed E-state index contributed by atoms with van der Waals surface area (Å²) in [6.45, 7) is 6.93. The molecule has 2 aromatic rings. The number of piperazine rings is 1. The molecule has 0 unspecified atom stereocenters. The molecule has 1 aliphatic rings. The van der Waals surface area contributed by atoms with Crippen molar-refractivity contribution in [1.29, 1.82) is 0 Å². The van der Waals surface area contributed by atoms with E-state index in [1.807, 2.05) is 42.2 Å². The molecule has 1 fully saturated rings. The Morgan fingerprint density at radius 1 is 1.07 bits per heavy atom. The van der Waals surface area contributed by atoms with Gasteiger partial charge >= 0.3 is 0 Å². The molecule has 0 bridgehead atoms. The van der Waals surface area contributed by atoms with Gasteiger partial charge in [0.1, 0.15) is 5.75 Å². The third kappa shape index (κ3) is 4.88. The van der Waals surface area contributed by atoms with E-state index in [-0.39, 0.29) is 5.91 Å². The Bertz CT molecular complexity index is 805. The van der Waals surface area contributed by atoms with Crippen LogP contribution in [0.3, 0.4) is 0 Å². The minimum Gasteiger partial charge on any atom is -0.481 e. The minimum absolute atomic E-state index is 0.0277. The van der Waals surface area contributed by atoms with Gasteiger partial charge in [-0.3, -0.25) is 4.79 Å². The summed E-state index contributed by atoms with van der Waals surface area (Å²) in [5.74, 6) is 0.649. The van der Waals surface area contributed by atoms with E-state index in [9.17, 15) is 4.79 Å². The lowest BCUT2D eigenvalue weighted by molar-refractivity contribution is -0.139. The van der Waals surface area contributed by atoms with Crippen LogP contribution in [-0.4, -0.2) is 43.1 Å². The molecule has 1 atom stereocenters. The van der Waals surface area contributed by atoms with Crippen LogP contribution in [0.15, 0.2) is 42.5 Å². The van der Waals surface area contributed by atoms with Crippen molar-refractivity contribution in [2.24, 2.45) is 0 Å². The Balaban J connectivity index is 1.62. The molecule has 6 heteroatoms. The average Bonchev–Trinajstić information content (AvgIpc) is 2.68. The number of hydrogen-bond acceptors (Lipinski definition) is 3. The highest BCUT2D eigenvalue weighted by Gasteiger charge is 2.28. The van der Waals surface area contributed by atoms with Gasteiger partial charge in [0.25, 0.3) is 5.91 Å². The Hall–Kier alpha value is -1.91. The third-order valence-electron chi connectivity index (χ3n) is 4.82. The van der Waals surface area contributed by atoms with Gasteiger partial charge in [-0.15, -0.1) is 0 Å². The van der Waals surface area contributed by atoms with Crippen molar-refractivity contribution < 1.29 is 9.53 Å². The largest absolute Gasteiger partial charge is 0.481 e. The first-order chi connectivity index (χ1) is 13.0. The number of carbonyl (C=O) groups is 1. The molecule has 0 aromatic heterocycles. The van der Waals surface area contributed by atoms with E-state index in [4.69, 9.17) is 27.9 Å². The molecule has 144 valence electrons. The summed E-state index contributed by atoms with van der Waals surface area (Å²) in [5, 5.41) is 1.33. The Kier molecular flexibility index (Phi) is 6.51. The van der Waals surface area contributed by atoms with Crippen molar-refractivity contribution >= 4 is 34.8 Å². The van der Waals surface area contributed by atoms with E-state index >= 15 is 0 Å². The SMILES string of the molecule is CC[C@@H](Oc1cccc(Cl)c1)C(=O)N1CCN(c2cc(Cl)ccc2C)CC1. The van der Waals surface area contributed by atoms with Gasteiger partial charge in [-0.05, 0) is 49.2 Å². The molecule has 0 radical (unpaired) electrons. The molecule has 0 N–H and O–H groups in total. The maximum Gasteiger partial charge on any atom is 0.263 e. The molecular formula is C21H24Cl2N2O2. The van der Waals surface area contributed by atoms with Gasteiger partial charge in [-0.25, -0.2) is 0 Å². The number of nitrogens with zero attached hydrogens (tertiary/aromatic N) is 2. The van der Waals surface area contributed by atoms with Crippen LogP contribution in [0.1, 0.15) is 18.9 Å². The number of ether oxygens (including phenoxy) is 1. The third-order valence-corrected chi connectivity index (χ3v) is 5.29. The standard InChI is InChI=1S/C21H24Cl2N2O2/c1-3-20(27-18-6-4-5-16(22)13-18)21(26)25-11-9-24(10-12-25)19-14-17(23)8-7-15(19)2/h4-8,13-14,20H,3,9-12H2,1-2H3/t20-/m1/s1. The number of rotatable bonds is 5. The van der Waals surface area contributed by atoms with Gasteiger partial charge in [0.2, 0.25) is 0 Å². The highest BCUT2D eigenvalue weighted by molar-refractivity contribution is 6.31. The van der Waals surface area contributed by atoms with E-state index in [1.165, 1.54) is 5.56 Å². The number of amides is 1. The highest BCUT2D eigenvalue weighted by Crippen LogP contribution is 2.26. The fourth-order valence-electron chi connectivity index (χ4n) is 3.31. The second-order valence-electron chi connectivity index (χ2n) is 6.72. The summed E-state index contributed by atoms with van der Waals surface area (Å²) in [6, 6.07) is 13.1. The number of anilines is 1. The van der Waals surface area contributed by atoms with Crippen molar-refractivity contribution in [2.75, 3.05) is 31.1 Å². The van der Waals surface area contributed by atoms with Gasteiger partial charge in [0.15, 0.2) is 6.10 Å². The fourth-order valence-corrected chi connectivity index (χ4v) is 3.65. The fraction of sp³-hybridized carbons (Fsp3) is 0.381. The number of halogens is 2. The molecule has 1 amide bonds. The maximum atomic E-state index is 12.9. The zero-order valence-electron chi connectivity index (χ0n) is 15.6. The van der Waals surface area contributed by atoms with Crippen molar-refractivity contribution in [1.82, 2.24) is 4.90 Å². The van der Waals surface area contributed by atoms with Crippen molar-refractivity contribution in [3.05, 3.63) is 58.1 Å². The lowest BCUT2D eigenvalue weighted by Gasteiger charge is -2.38. The van der Waals surface area contributed by atoms with Crippen LogP contribution in [0, 0.1) is 6.92 Å². The van der Waals surface area contributed by atoms with Crippen LogP contribution in [0.25, 0.3) is 0 Å². The summed E-state index contributed by atoms with van der Waals surface area (Å²) in [5.41, 5.74) is 2.33. The maximum absolute atomic E-state index is 12.9. The molecule has 0 saturated carbocycles. The van der Waals surface area contributed by atoms with Crippen molar-refractivity contribution in [3.8, 4) is 5.75 Å². The molecule has 2 aromatic carbocycles. The zero-order valence-corrected chi connectivity index (χ0v) is 17.1. The monoisotopic (exact) mass is 406 g/mol. The first-order valence-electron chi connectivity index (χ1n) is 9.20. The van der Waals surface area contributed by atoms with Crippen LogP contribution in [0.4, 0.5) is 5.69 Å². The highest BCUT2D eigenvalue weighted by atomic mass is 35.5. The van der Waals surface area contributed by atoms with Gasteiger partial charge in [-0.2, -0.15) is 0 Å². The van der Waals surface area contributed by atoms with E-state index in [1.54, 1.807) is 12.1 Å². The molecule has 4 nitrogen and oxygen atoms in total. The Morgan fingerprint density at radius 2 is 1.78 bits per heavy atom. The Morgan fingerprint density at radius 3 is 2.44 bits per heavy atom. The predicted octanol–water partition coefficient (Wildman–Crippen LogP) is 4.81. The van der Waals surface area contributed by atoms with E-state index in [0.717, 1.165) is 23.8 Å². The molecule has 1 aliphatic heterocycles. The smallest absolute Gasteiger partial charge is 0.263 e. The van der Waals surface area contributed by atoms with E-state index in [2.05, 4.69) is 11.8 Å². The number of hydrogen-bond donors (Lipinski definition) is 0. The lowest BCUT2D eigenvalue weighted by atomic mass is 10.1. The second-order valence-corrected chi connectivity index (χ2v) is 7.59. The molecule has 27 heavy (non-hydrogen) atoms. The minimum atomic E-state index is -0.497. The number of aryl methyl sites for hydroxylation is 1. The zero-order chi connectivity index (χ0) is 19.4. The number of carbonyl (C=O) groups excluding carboxylic acids is 1. The van der Waals surface area contributed by atoms with Crippen LogP contribution in [0.5, 0.6) is 5.75 Å².